The van der Waals surface area contributed by atoms with Gasteiger partial charge in [0.25, 0.3) is 0 Å². The molecule has 0 atom stereocenters. The summed E-state index contributed by atoms with van der Waals surface area (Å²) in [5, 5.41) is 0. The zero-order valence-corrected chi connectivity index (χ0v) is 9.33. The van der Waals surface area contributed by atoms with Gasteiger partial charge in [0.15, 0.2) is 0 Å². The molecule has 0 aliphatic heterocycles. The molecule has 0 saturated heterocycles. The number of rotatable bonds is 2. The fourth-order valence-corrected chi connectivity index (χ4v) is 1.82. The molecule has 2 rings (SSSR count). The minimum atomic E-state index is 1.04. The van der Waals surface area contributed by atoms with Gasteiger partial charge < -0.3 is 0 Å². The molecular weight excluding hydrogens is 180 g/mol. The average molecular weight is 196 g/mol. The van der Waals surface area contributed by atoms with Crippen molar-refractivity contribution >= 4 is 0 Å². The lowest BCUT2D eigenvalue weighted by Crippen LogP contribution is -1.93. The maximum Gasteiger partial charge on any atom is -0.00231 e. The minimum absolute atomic E-state index is 1.04. The van der Waals surface area contributed by atoms with Gasteiger partial charge in [0, 0.05) is 0 Å². The van der Waals surface area contributed by atoms with Crippen molar-refractivity contribution < 1.29 is 0 Å². The Kier molecular flexibility index (Phi) is 2.86. The molecule has 15 heavy (non-hydrogen) atoms. The van der Waals surface area contributed by atoms with E-state index in [1.807, 2.05) is 0 Å². The molecule has 0 heteroatoms. The Morgan fingerprint density at radius 2 is 1.53 bits per heavy atom. The molecule has 0 bridgehead atoms. The predicted molar refractivity (Wildman–Crippen MR) is 65.2 cm³/mol. The fourth-order valence-electron chi connectivity index (χ4n) is 1.82. The van der Waals surface area contributed by atoms with Gasteiger partial charge in [-0.25, -0.2) is 0 Å². The van der Waals surface area contributed by atoms with Crippen LogP contribution in [-0.2, 0) is 6.42 Å². The first kappa shape index (κ1) is 9.97. The van der Waals surface area contributed by atoms with Gasteiger partial charge in [0.05, 0.1) is 0 Å². The largest absolute Gasteiger partial charge is 0.0622 e. The lowest BCUT2D eigenvalue weighted by atomic mass is 9.97. The Balaban J connectivity index is 2.29. The van der Waals surface area contributed by atoms with Gasteiger partial charge >= 0.3 is 0 Å². The summed E-state index contributed by atoms with van der Waals surface area (Å²) in [4.78, 5) is 0. The topological polar surface area (TPSA) is 0 Å². The Labute approximate surface area is 91.6 Å². The van der Waals surface area contributed by atoms with E-state index >= 15 is 0 Å². The van der Waals surface area contributed by atoms with E-state index in [0.29, 0.717) is 0 Å². The summed E-state index contributed by atoms with van der Waals surface area (Å²) in [6.07, 6.45) is 1.04. The Morgan fingerprint density at radius 3 is 2.27 bits per heavy atom. The van der Waals surface area contributed by atoms with Crippen LogP contribution in [0.25, 0.3) is 0 Å². The van der Waals surface area contributed by atoms with Crippen molar-refractivity contribution in [2.75, 3.05) is 0 Å². The van der Waals surface area contributed by atoms with Gasteiger partial charge in [-0.2, -0.15) is 0 Å². The second kappa shape index (κ2) is 4.31. The average Bonchev–Trinajstić information content (AvgIpc) is 2.26. The third-order valence-electron chi connectivity index (χ3n) is 2.95. The highest BCUT2D eigenvalue weighted by Crippen LogP contribution is 2.16. The van der Waals surface area contributed by atoms with Crippen molar-refractivity contribution in [2.24, 2.45) is 0 Å². The number of hydrogen-bond acceptors (Lipinski definition) is 0. The van der Waals surface area contributed by atoms with E-state index in [1.54, 1.807) is 0 Å². The minimum Gasteiger partial charge on any atom is -0.0622 e. The van der Waals surface area contributed by atoms with Crippen LogP contribution in [-0.4, -0.2) is 0 Å². The van der Waals surface area contributed by atoms with Gasteiger partial charge in [0.2, 0.25) is 0 Å². The third-order valence-corrected chi connectivity index (χ3v) is 2.95. The first-order valence-electron chi connectivity index (χ1n) is 5.36. The van der Waals surface area contributed by atoms with Crippen LogP contribution in [0.5, 0.6) is 0 Å². The lowest BCUT2D eigenvalue weighted by molar-refractivity contribution is 1.14. The monoisotopic (exact) mass is 196 g/mol. The quantitative estimate of drug-likeness (QED) is 0.683. The normalized spacial score (nSPS) is 10.3. The molecule has 0 aliphatic carbocycles. The Morgan fingerprint density at radius 1 is 0.800 bits per heavy atom. The second-order valence-electron chi connectivity index (χ2n) is 4.02. The van der Waals surface area contributed by atoms with E-state index in [2.05, 4.69) is 62.4 Å². The van der Waals surface area contributed by atoms with Gasteiger partial charge in [-0.05, 0) is 42.5 Å². The molecule has 0 N–H and O–H groups in total. The van der Waals surface area contributed by atoms with Crippen molar-refractivity contribution in [3.05, 3.63) is 70.8 Å². The van der Waals surface area contributed by atoms with Crippen molar-refractivity contribution in [1.29, 1.82) is 0 Å². The summed E-state index contributed by atoms with van der Waals surface area (Å²) in [5.41, 5.74) is 5.61. The smallest absolute Gasteiger partial charge is 0.00231 e. The zero-order valence-electron chi connectivity index (χ0n) is 9.33. The van der Waals surface area contributed by atoms with Gasteiger partial charge in [-0.15, -0.1) is 0 Å². The van der Waals surface area contributed by atoms with E-state index in [-0.39, 0.29) is 0 Å². The first-order valence-corrected chi connectivity index (χ1v) is 5.36. The summed E-state index contributed by atoms with van der Waals surface area (Å²) in [7, 11) is 0. The Hall–Kier alpha value is -1.56. The zero-order chi connectivity index (χ0) is 10.7. The number of benzene rings is 2. The van der Waals surface area contributed by atoms with Crippen LogP contribution in [0.2, 0.25) is 0 Å². The number of hydrogen-bond donors (Lipinski definition) is 0. The van der Waals surface area contributed by atoms with Crippen LogP contribution in [0.15, 0.2) is 48.5 Å². The van der Waals surface area contributed by atoms with Crippen LogP contribution in [0, 0.1) is 13.8 Å². The highest BCUT2D eigenvalue weighted by Gasteiger charge is 2.01. The molecule has 0 amide bonds. The van der Waals surface area contributed by atoms with Gasteiger partial charge in [0.1, 0.15) is 0 Å². The van der Waals surface area contributed by atoms with E-state index in [0.717, 1.165) is 6.42 Å². The summed E-state index contributed by atoms with van der Waals surface area (Å²) < 4.78 is 0. The van der Waals surface area contributed by atoms with Crippen LogP contribution >= 0.6 is 0 Å². The molecule has 0 fully saturated rings. The molecule has 0 heterocycles. The highest BCUT2D eigenvalue weighted by molar-refractivity contribution is 5.36. The van der Waals surface area contributed by atoms with Crippen LogP contribution < -0.4 is 0 Å². The maximum absolute atomic E-state index is 2.22. The van der Waals surface area contributed by atoms with Crippen LogP contribution in [0.3, 0.4) is 0 Å². The summed E-state index contributed by atoms with van der Waals surface area (Å²) in [5.74, 6) is 0. The molecule has 0 saturated carbocycles. The summed E-state index contributed by atoms with van der Waals surface area (Å²) in [6.45, 7) is 4.37. The van der Waals surface area contributed by atoms with Crippen molar-refractivity contribution in [3.63, 3.8) is 0 Å². The molecule has 0 aliphatic rings. The van der Waals surface area contributed by atoms with Crippen molar-refractivity contribution in [3.8, 4) is 0 Å². The second-order valence-corrected chi connectivity index (χ2v) is 4.02. The molecule has 0 radical (unpaired) electrons. The van der Waals surface area contributed by atoms with Gasteiger partial charge in [-0.1, -0.05) is 48.5 Å². The highest BCUT2D eigenvalue weighted by atomic mass is 14.1. The SMILES string of the molecule is Cc1cccc(Cc2ccccc2)c1C. The van der Waals surface area contributed by atoms with Crippen LogP contribution in [0.1, 0.15) is 22.3 Å². The van der Waals surface area contributed by atoms with E-state index in [1.165, 1.54) is 22.3 Å². The molecule has 2 aromatic carbocycles. The summed E-state index contributed by atoms with van der Waals surface area (Å²) >= 11 is 0. The molecule has 0 nitrogen and oxygen atoms in total. The molecule has 0 spiro atoms. The third kappa shape index (κ3) is 2.27. The van der Waals surface area contributed by atoms with Gasteiger partial charge in [-0.3, -0.25) is 0 Å². The Bertz CT molecular complexity index is 441. The molecule has 0 aromatic heterocycles. The predicted octanol–water partition coefficient (Wildman–Crippen LogP) is 3.89. The standard InChI is InChI=1S/C15H16/c1-12-7-6-10-15(13(12)2)11-14-8-4-3-5-9-14/h3-10H,11H2,1-2H3. The van der Waals surface area contributed by atoms with E-state index in [4.69, 9.17) is 0 Å². The number of aryl methyl sites for hydroxylation is 1. The van der Waals surface area contributed by atoms with E-state index in [9.17, 15) is 0 Å². The molecule has 2 aromatic rings. The fraction of sp³-hybridized carbons (Fsp3) is 0.200. The molecule has 76 valence electrons. The van der Waals surface area contributed by atoms with Crippen LogP contribution in [0.4, 0.5) is 0 Å². The molecular formula is C15H16. The molecule has 0 unspecified atom stereocenters. The van der Waals surface area contributed by atoms with E-state index < -0.39 is 0 Å². The van der Waals surface area contributed by atoms with Crippen molar-refractivity contribution in [2.45, 2.75) is 20.3 Å². The maximum atomic E-state index is 2.22. The lowest BCUT2D eigenvalue weighted by Gasteiger charge is -2.08. The van der Waals surface area contributed by atoms with Crippen molar-refractivity contribution in [1.82, 2.24) is 0 Å². The summed E-state index contributed by atoms with van der Waals surface area (Å²) in [6, 6.07) is 17.1. The first-order chi connectivity index (χ1) is 7.27.